The fourth-order valence-electron chi connectivity index (χ4n) is 3.74. The molecule has 0 amide bonds. The van der Waals surface area contributed by atoms with Crippen LogP contribution in [0.5, 0.6) is 0 Å². The lowest BCUT2D eigenvalue weighted by Crippen LogP contribution is -2.38. The van der Waals surface area contributed by atoms with Crippen molar-refractivity contribution in [1.29, 1.82) is 0 Å². The van der Waals surface area contributed by atoms with Crippen molar-refractivity contribution in [2.24, 2.45) is 10.9 Å². The molecule has 3 aliphatic rings. The Morgan fingerprint density at radius 3 is 2.90 bits per heavy atom. The lowest BCUT2D eigenvalue weighted by Gasteiger charge is -2.35. The summed E-state index contributed by atoms with van der Waals surface area (Å²) < 4.78 is 0. The number of benzene rings is 2. The van der Waals surface area contributed by atoms with Crippen molar-refractivity contribution in [2.45, 2.75) is 17.4 Å². The van der Waals surface area contributed by atoms with Crippen LogP contribution in [0, 0.1) is 5.92 Å². The summed E-state index contributed by atoms with van der Waals surface area (Å²) in [7, 11) is 0. The van der Waals surface area contributed by atoms with Crippen LogP contribution in [0.15, 0.2) is 58.4 Å². The minimum absolute atomic E-state index is 0.481. The molecule has 2 aromatic rings. The summed E-state index contributed by atoms with van der Waals surface area (Å²) in [6.45, 7) is 0.964. The van der Waals surface area contributed by atoms with Gasteiger partial charge in [0.1, 0.15) is 0 Å². The Morgan fingerprint density at radius 1 is 1.05 bits per heavy atom. The SMILES string of the molecule is c1ccc2c(c1)C[C@H]1CN=C3Sc4ccccc4N3[C@@H]21. The summed E-state index contributed by atoms with van der Waals surface area (Å²) in [5, 5.41) is 1.18. The van der Waals surface area contributed by atoms with Gasteiger partial charge in [-0.05, 0) is 41.4 Å². The van der Waals surface area contributed by atoms with E-state index in [1.807, 2.05) is 11.8 Å². The summed E-state index contributed by atoms with van der Waals surface area (Å²) in [5.41, 5.74) is 4.35. The summed E-state index contributed by atoms with van der Waals surface area (Å²) in [6.07, 6.45) is 1.17. The van der Waals surface area contributed by atoms with Crippen LogP contribution < -0.4 is 4.90 Å². The largest absolute Gasteiger partial charge is 0.312 e. The molecule has 0 N–H and O–H groups in total. The number of hydrogen-bond donors (Lipinski definition) is 0. The van der Waals surface area contributed by atoms with Crippen LogP contribution in [0.25, 0.3) is 0 Å². The highest BCUT2D eigenvalue weighted by Crippen LogP contribution is 2.52. The summed E-state index contributed by atoms with van der Waals surface area (Å²) in [4.78, 5) is 8.65. The standard InChI is InChI=1S/C17H14N2S/c1-2-6-13-11(5-1)9-12-10-18-17-19(16(12)13)14-7-3-4-8-15(14)20-17/h1-8,12,16H,9-10H2/t12-,16+/m0/s1. The van der Waals surface area contributed by atoms with Gasteiger partial charge in [-0.3, -0.25) is 4.99 Å². The highest BCUT2D eigenvalue weighted by atomic mass is 32.2. The molecule has 0 saturated heterocycles. The lowest BCUT2D eigenvalue weighted by molar-refractivity contribution is 0.462. The maximum Gasteiger partial charge on any atom is 0.169 e. The van der Waals surface area contributed by atoms with Gasteiger partial charge in [0, 0.05) is 17.4 Å². The predicted molar refractivity (Wildman–Crippen MR) is 83.5 cm³/mol. The Bertz CT molecular complexity index is 737. The average molecular weight is 278 g/mol. The van der Waals surface area contributed by atoms with Crippen molar-refractivity contribution >= 4 is 22.6 Å². The second-order valence-electron chi connectivity index (χ2n) is 5.67. The molecule has 0 aromatic heterocycles. The first kappa shape index (κ1) is 11.0. The van der Waals surface area contributed by atoms with E-state index in [-0.39, 0.29) is 0 Å². The first-order chi connectivity index (χ1) is 9.92. The number of anilines is 1. The summed E-state index contributed by atoms with van der Waals surface area (Å²) in [5.74, 6) is 0.628. The second-order valence-corrected chi connectivity index (χ2v) is 6.68. The zero-order chi connectivity index (χ0) is 13.1. The number of para-hydroxylation sites is 1. The van der Waals surface area contributed by atoms with Crippen molar-refractivity contribution in [2.75, 3.05) is 11.4 Å². The van der Waals surface area contributed by atoms with Crippen LogP contribution in [0.2, 0.25) is 0 Å². The first-order valence-electron chi connectivity index (χ1n) is 7.10. The fourth-order valence-corrected chi connectivity index (χ4v) is 4.80. The molecule has 0 spiro atoms. The van der Waals surface area contributed by atoms with Crippen LogP contribution in [0.4, 0.5) is 5.69 Å². The predicted octanol–water partition coefficient (Wildman–Crippen LogP) is 3.88. The molecule has 20 heavy (non-hydrogen) atoms. The summed E-state index contributed by atoms with van der Waals surface area (Å²) >= 11 is 1.82. The zero-order valence-corrected chi connectivity index (χ0v) is 11.8. The van der Waals surface area contributed by atoms with Crippen molar-refractivity contribution in [1.82, 2.24) is 0 Å². The smallest absolute Gasteiger partial charge is 0.169 e. The minimum atomic E-state index is 0.481. The molecule has 0 bridgehead atoms. The maximum atomic E-state index is 4.84. The first-order valence-corrected chi connectivity index (χ1v) is 7.92. The molecule has 0 radical (unpaired) electrons. The Kier molecular flexibility index (Phi) is 2.13. The Morgan fingerprint density at radius 2 is 1.90 bits per heavy atom. The molecular formula is C17H14N2S. The number of rotatable bonds is 0. The van der Waals surface area contributed by atoms with E-state index in [4.69, 9.17) is 4.99 Å². The minimum Gasteiger partial charge on any atom is -0.312 e. The molecule has 98 valence electrons. The average Bonchev–Trinajstić information content (AvgIpc) is 3.04. The molecule has 2 aromatic carbocycles. The number of thioether (sulfide) groups is 1. The molecular weight excluding hydrogens is 264 g/mol. The van der Waals surface area contributed by atoms with Gasteiger partial charge in [-0.2, -0.15) is 0 Å². The molecule has 2 atom stereocenters. The molecule has 5 rings (SSSR count). The number of hydrogen-bond acceptors (Lipinski definition) is 3. The third kappa shape index (κ3) is 1.33. The quantitative estimate of drug-likeness (QED) is 0.726. The van der Waals surface area contributed by atoms with Crippen molar-refractivity contribution in [3.63, 3.8) is 0 Å². The monoisotopic (exact) mass is 278 g/mol. The van der Waals surface area contributed by atoms with Gasteiger partial charge in [-0.1, -0.05) is 36.4 Å². The van der Waals surface area contributed by atoms with E-state index >= 15 is 0 Å². The second kappa shape index (κ2) is 3.89. The maximum absolute atomic E-state index is 4.84. The topological polar surface area (TPSA) is 15.6 Å². The van der Waals surface area contributed by atoms with Gasteiger partial charge in [-0.25, -0.2) is 0 Å². The van der Waals surface area contributed by atoms with E-state index < -0.39 is 0 Å². The molecule has 2 heterocycles. The number of aliphatic imine (C=N–C) groups is 1. The van der Waals surface area contributed by atoms with Crippen molar-refractivity contribution in [3.8, 4) is 0 Å². The number of fused-ring (bicyclic) bond motifs is 7. The van der Waals surface area contributed by atoms with Gasteiger partial charge in [-0.15, -0.1) is 0 Å². The number of amidine groups is 1. The Balaban J connectivity index is 1.71. The van der Waals surface area contributed by atoms with Crippen LogP contribution in [-0.2, 0) is 6.42 Å². The van der Waals surface area contributed by atoms with E-state index in [0.717, 1.165) is 6.54 Å². The van der Waals surface area contributed by atoms with Crippen LogP contribution in [0.3, 0.4) is 0 Å². The van der Waals surface area contributed by atoms with E-state index in [1.165, 1.54) is 33.3 Å². The van der Waals surface area contributed by atoms with Gasteiger partial charge < -0.3 is 4.90 Å². The zero-order valence-electron chi connectivity index (χ0n) is 11.0. The van der Waals surface area contributed by atoms with Crippen molar-refractivity contribution < 1.29 is 0 Å². The Labute approximate surface area is 122 Å². The fraction of sp³-hybridized carbons (Fsp3) is 0.235. The van der Waals surface area contributed by atoms with Gasteiger partial charge in [0.25, 0.3) is 0 Å². The van der Waals surface area contributed by atoms with Gasteiger partial charge in [0.05, 0.1) is 11.7 Å². The number of nitrogens with zero attached hydrogens (tertiary/aromatic N) is 2. The lowest BCUT2D eigenvalue weighted by atomic mass is 9.97. The molecule has 0 unspecified atom stereocenters. The van der Waals surface area contributed by atoms with Crippen LogP contribution in [0.1, 0.15) is 17.2 Å². The highest BCUT2D eigenvalue weighted by molar-refractivity contribution is 8.14. The van der Waals surface area contributed by atoms with Gasteiger partial charge >= 0.3 is 0 Å². The Hall–Kier alpha value is -1.74. The third-order valence-electron chi connectivity index (χ3n) is 4.57. The van der Waals surface area contributed by atoms with Crippen LogP contribution >= 0.6 is 11.8 Å². The van der Waals surface area contributed by atoms with E-state index in [9.17, 15) is 0 Å². The van der Waals surface area contributed by atoms with Crippen molar-refractivity contribution in [3.05, 3.63) is 59.7 Å². The van der Waals surface area contributed by atoms with E-state index in [0.29, 0.717) is 12.0 Å². The van der Waals surface area contributed by atoms with Gasteiger partial charge in [0.2, 0.25) is 0 Å². The molecule has 1 aliphatic carbocycles. The van der Waals surface area contributed by atoms with Gasteiger partial charge in [0.15, 0.2) is 5.17 Å². The third-order valence-corrected chi connectivity index (χ3v) is 5.65. The molecule has 2 nitrogen and oxygen atoms in total. The normalized spacial score (nSPS) is 25.6. The van der Waals surface area contributed by atoms with E-state index in [1.54, 1.807) is 0 Å². The highest BCUT2D eigenvalue weighted by Gasteiger charge is 2.44. The molecule has 2 aliphatic heterocycles. The molecule has 0 fully saturated rings. The van der Waals surface area contributed by atoms with E-state index in [2.05, 4.69) is 53.4 Å². The molecule has 0 saturated carbocycles. The summed E-state index contributed by atoms with van der Waals surface area (Å²) in [6, 6.07) is 18.1. The molecule has 3 heteroatoms. The van der Waals surface area contributed by atoms with Crippen LogP contribution in [-0.4, -0.2) is 11.7 Å².